The zero-order valence-electron chi connectivity index (χ0n) is 7.63. The molecular weight excluding hydrogens is 166 g/mol. The number of rotatable bonds is 3. The lowest BCUT2D eigenvalue weighted by Crippen LogP contribution is -2.10. The van der Waals surface area contributed by atoms with Gasteiger partial charge < -0.3 is 5.73 Å². The highest BCUT2D eigenvalue weighted by atomic mass is 32.1. The highest BCUT2D eigenvalue weighted by Crippen LogP contribution is 2.23. The van der Waals surface area contributed by atoms with Crippen molar-refractivity contribution in [2.75, 3.05) is 0 Å². The first kappa shape index (κ1) is 9.49. The van der Waals surface area contributed by atoms with Gasteiger partial charge in [-0.2, -0.15) is 11.3 Å². The standard InChI is InChI=1S/C10H15NS/c1-7(2)4-10(11)9-6-12-5-8(9)3/h5-6,10H,1,4,11H2,2-3H3. The van der Waals surface area contributed by atoms with E-state index in [0.29, 0.717) is 0 Å². The molecule has 1 heterocycles. The average molecular weight is 181 g/mol. The van der Waals surface area contributed by atoms with Crippen molar-refractivity contribution in [3.8, 4) is 0 Å². The van der Waals surface area contributed by atoms with E-state index in [-0.39, 0.29) is 6.04 Å². The Morgan fingerprint density at radius 2 is 2.33 bits per heavy atom. The fourth-order valence-corrected chi connectivity index (χ4v) is 2.15. The van der Waals surface area contributed by atoms with Gasteiger partial charge in [-0.05, 0) is 42.2 Å². The maximum Gasteiger partial charge on any atom is 0.0343 e. The summed E-state index contributed by atoms with van der Waals surface area (Å²) in [6, 6.07) is 0.133. The number of hydrogen-bond donors (Lipinski definition) is 1. The third kappa shape index (κ3) is 2.19. The van der Waals surface area contributed by atoms with Crippen molar-refractivity contribution < 1.29 is 0 Å². The largest absolute Gasteiger partial charge is 0.324 e. The molecule has 0 radical (unpaired) electrons. The monoisotopic (exact) mass is 181 g/mol. The smallest absolute Gasteiger partial charge is 0.0343 e. The lowest BCUT2D eigenvalue weighted by molar-refractivity contribution is 0.715. The van der Waals surface area contributed by atoms with Crippen LogP contribution in [-0.2, 0) is 0 Å². The van der Waals surface area contributed by atoms with Crippen LogP contribution >= 0.6 is 11.3 Å². The van der Waals surface area contributed by atoms with E-state index in [4.69, 9.17) is 5.73 Å². The van der Waals surface area contributed by atoms with Crippen molar-refractivity contribution in [1.82, 2.24) is 0 Å². The normalized spacial score (nSPS) is 12.9. The zero-order valence-corrected chi connectivity index (χ0v) is 8.45. The van der Waals surface area contributed by atoms with E-state index >= 15 is 0 Å². The summed E-state index contributed by atoms with van der Waals surface area (Å²) in [5, 5.41) is 4.26. The Kier molecular flexibility index (Phi) is 3.06. The van der Waals surface area contributed by atoms with Crippen LogP contribution in [0.25, 0.3) is 0 Å². The summed E-state index contributed by atoms with van der Waals surface area (Å²) in [5.41, 5.74) is 9.70. The van der Waals surface area contributed by atoms with Crippen LogP contribution < -0.4 is 5.73 Å². The van der Waals surface area contributed by atoms with E-state index in [0.717, 1.165) is 12.0 Å². The van der Waals surface area contributed by atoms with E-state index in [1.807, 2.05) is 6.92 Å². The van der Waals surface area contributed by atoms with E-state index in [9.17, 15) is 0 Å². The average Bonchev–Trinajstić information content (AvgIpc) is 2.33. The Hall–Kier alpha value is -0.600. The minimum absolute atomic E-state index is 0.133. The van der Waals surface area contributed by atoms with E-state index in [1.54, 1.807) is 11.3 Å². The van der Waals surface area contributed by atoms with Crippen LogP contribution in [0, 0.1) is 6.92 Å². The molecule has 1 rings (SSSR count). The van der Waals surface area contributed by atoms with E-state index in [1.165, 1.54) is 11.1 Å². The number of nitrogens with two attached hydrogens (primary N) is 1. The Morgan fingerprint density at radius 1 is 1.67 bits per heavy atom. The summed E-state index contributed by atoms with van der Waals surface area (Å²) >= 11 is 1.71. The molecule has 66 valence electrons. The topological polar surface area (TPSA) is 26.0 Å². The fourth-order valence-electron chi connectivity index (χ4n) is 1.24. The first-order valence-corrected chi connectivity index (χ1v) is 4.98. The predicted octanol–water partition coefficient (Wildman–Crippen LogP) is 3.02. The summed E-state index contributed by atoms with van der Waals surface area (Å²) in [7, 11) is 0. The van der Waals surface area contributed by atoms with E-state index in [2.05, 4.69) is 24.3 Å². The molecule has 0 aliphatic rings. The first-order valence-electron chi connectivity index (χ1n) is 4.04. The van der Waals surface area contributed by atoms with Gasteiger partial charge in [0.05, 0.1) is 0 Å². The van der Waals surface area contributed by atoms with Gasteiger partial charge in [-0.3, -0.25) is 0 Å². The van der Waals surface area contributed by atoms with Crippen LogP contribution in [0.3, 0.4) is 0 Å². The molecule has 1 aromatic heterocycles. The van der Waals surface area contributed by atoms with E-state index < -0.39 is 0 Å². The molecule has 1 aromatic rings. The van der Waals surface area contributed by atoms with Gasteiger partial charge in [-0.1, -0.05) is 5.57 Å². The van der Waals surface area contributed by atoms with Gasteiger partial charge in [-0.25, -0.2) is 0 Å². The zero-order chi connectivity index (χ0) is 9.14. The summed E-state index contributed by atoms with van der Waals surface area (Å²) in [6.45, 7) is 7.97. The van der Waals surface area contributed by atoms with Crippen LogP contribution in [0.1, 0.15) is 30.5 Å². The maximum absolute atomic E-state index is 5.99. The molecule has 0 fully saturated rings. The highest BCUT2D eigenvalue weighted by molar-refractivity contribution is 7.08. The lowest BCUT2D eigenvalue weighted by atomic mass is 10.0. The first-order chi connectivity index (χ1) is 5.61. The summed E-state index contributed by atoms with van der Waals surface area (Å²) in [6.07, 6.45) is 0.886. The molecule has 0 amide bonds. The number of aryl methyl sites for hydroxylation is 1. The fraction of sp³-hybridized carbons (Fsp3) is 0.400. The van der Waals surface area contributed by atoms with Gasteiger partial charge in [0.1, 0.15) is 0 Å². The third-order valence-electron chi connectivity index (χ3n) is 1.86. The van der Waals surface area contributed by atoms with Crippen LogP contribution in [0.2, 0.25) is 0 Å². The molecule has 1 atom stereocenters. The Bertz CT molecular complexity index is 275. The second-order valence-corrected chi connectivity index (χ2v) is 4.02. The summed E-state index contributed by atoms with van der Waals surface area (Å²) < 4.78 is 0. The van der Waals surface area contributed by atoms with Gasteiger partial charge in [0.2, 0.25) is 0 Å². The lowest BCUT2D eigenvalue weighted by Gasteiger charge is -2.10. The summed E-state index contributed by atoms with van der Waals surface area (Å²) in [5.74, 6) is 0. The molecule has 0 aliphatic heterocycles. The molecule has 0 aromatic carbocycles. The van der Waals surface area contributed by atoms with Crippen molar-refractivity contribution in [1.29, 1.82) is 0 Å². The Balaban J connectivity index is 2.71. The molecule has 0 aliphatic carbocycles. The molecule has 2 heteroatoms. The molecule has 1 unspecified atom stereocenters. The van der Waals surface area contributed by atoms with Crippen LogP contribution in [-0.4, -0.2) is 0 Å². The maximum atomic E-state index is 5.99. The molecule has 1 nitrogen and oxygen atoms in total. The molecule has 0 bridgehead atoms. The molecule has 0 spiro atoms. The molecule has 2 N–H and O–H groups in total. The van der Waals surface area contributed by atoms with Crippen LogP contribution in [0.5, 0.6) is 0 Å². The molecule has 0 saturated heterocycles. The highest BCUT2D eigenvalue weighted by Gasteiger charge is 2.08. The van der Waals surface area contributed by atoms with Gasteiger partial charge >= 0.3 is 0 Å². The van der Waals surface area contributed by atoms with Gasteiger partial charge in [-0.15, -0.1) is 6.58 Å². The van der Waals surface area contributed by atoms with Gasteiger partial charge in [0.25, 0.3) is 0 Å². The number of hydrogen-bond acceptors (Lipinski definition) is 2. The second-order valence-electron chi connectivity index (χ2n) is 3.28. The molecule has 0 saturated carbocycles. The van der Waals surface area contributed by atoms with Gasteiger partial charge in [0, 0.05) is 6.04 Å². The second kappa shape index (κ2) is 3.87. The summed E-state index contributed by atoms with van der Waals surface area (Å²) in [4.78, 5) is 0. The van der Waals surface area contributed by atoms with Crippen LogP contribution in [0.15, 0.2) is 22.9 Å². The third-order valence-corrected chi connectivity index (χ3v) is 2.74. The minimum atomic E-state index is 0.133. The van der Waals surface area contributed by atoms with Crippen LogP contribution in [0.4, 0.5) is 0 Å². The SMILES string of the molecule is C=C(C)CC(N)c1cscc1C. The van der Waals surface area contributed by atoms with Crippen molar-refractivity contribution in [3.63, 3.8) is 0 Å². The van der Waals surface area contributed by atoms with Crippen molar-refractivity contribution >= 4 is 11.3 Å². The predicted molar refractivity (Wildman–Crippen MR) is 55.4 cm³/mol. The molecule has 12 heavy (non-hydrogen) atoms. The quantitative estimate of drug-likeness (QED) is 0.713. The minimum Gasteiger partial charge on any atom is -0.324 e. The molecular formula is C10H15NS. The number of thiophene rings is 1. The Morgan fingerprint density at radius 3 is 2.75 bits per heavy atom. The Labute approximate surface area is 77.9 Å². The van der Waals surface area contributed by atoms with Crippen molar-refractivity contribution in [3.05, 3.63) is 34.0 Å². The van der Waals surface area contributed by atoms with Gasteiger partial charge in [0.15, 0.2) is 0 Å². The van der Waals surface area contributed by atoms with Crippen molar-refractivity contribution in [2.24, 2.45) is 5.73 Å². The van der Waals surface area contributed by atoms with Crippen molar-refractivity contribution in [2.45, 2.75) is 26.3 Å².